The summed E-state index contributed by atoms with van der Waals surface area (Å²) in [5, 5.41) is 2.99. The van der Waals surface area contributed by atoms with Crippen LogP contribution < -0.4 is 5.32 Å². The second-order valence-electron chi connectivity index (χ2n) is 6.26. The van der Waals surface area contributed by atoms with Crippen LogP contribution in [-0.4, -0.2) is 44.9 Å². The van der Waals surface area contributed by atoms with Gasteiger partial charge in [-0.2, -0.15) is 4.31 Å². The monoisotopic (exact) mass is 444 g/mol. The van der Waals surface area contributed by atoms with E-state index in [1.165, 1.54) is 25.3 Å². The number of nitrogens with one attached hydrogen (secondary N) is 1. The Morgan fingerprint density at radius 1 is 1.18 bits per heavy atom. The number of methoxy groups -OCH3 is 1. The van der Waals surface area contributed by atoms with E-state index in [0.717, 1.165) is 9.87 Å². The fourth-order valence-corrected chi connectivity index (χ4v) is 4.72. The highest BCUT2D eigenvalue weighted by molar-refractivity contribution is 7.89. The average molecular weight is 445 g/mol. The van der Waals surface area contributed by atoms with Crippen molar-refractivity contribution in [2.24, 2.45) is 0 Å². The predicted octanol–water partition coefficient (Wildman–Crippen LogP) is 3.34. The minimum absolute atomic E-state index is 0.0120. The maximum atomic E-state index is 13.2. The van der Waals surface area contributed by atoms with Gasteiger partial charge in [0.05, 0.1) is 18.2 Å². The van der Waals surface area contributed by atoms with Crippen LogP contribution >= 0.6 is 23.2 Å². The Hall–Kier alpha value is -1.64. The van der Waals surface area contributed by atoms with E-state index in [4.69, 9.17) is 27.9 Å². The zero-order chi connectivity index (χ0) is 20.7. The van der Waals surface area contributed by atoms with Crippen molar-refractivity contribution in [3.05, 3.63) is 64.1 Å². The molecule has 152 valence electrons. The first-order chi connectivity index (χ1) is 13.2. The first kappa shape index (κ1) is 22.6. The molecule has 0 saturated heterocycles. The van der Waals surface area contributed by atoms with E-state index in [-0.39, 0.29) is 34.1 Å². The van der Waals surface area contributed by atoms with Crippen LogP contribution in [0.3, 0.4) is 0 Å². The number of carbonyl (C=O) groups excluding carboxylic acids is 1. The summed E-state index contributed by atoms with van der Waals surface area (Å²) in [4.78, 5) is 12.3. The van der Waals surface area contributed by atoms with E-state index in [2.05, 4.69) is 5.32 Å². The van der Waals surface area contributed by atoms with Crippen molar-refractivity contribution in [2.45, 2.75) is 24.4 Å². The van der Waals surface area contributed by atoms with Crippen molar-refractivity contribution in [1.29, 1.82) is 0 Å². The lowest BCUT2D eigenvalue weighted by Gasteiger charge is -2.23. The highest BCUT2D eigenvalue weighted by Gasteiger charge is 2.29. The van der Waals surface area contributed by atoms with Crippen LogP contribution in [0.25, 0.3) is 0 Å². The third-order valence-corrected chi connectivity index (χ3v) is 6.37. The lowest BCUT2D eigenvalue weighted by Crippen LogP contribution is -2.44. The minimum Gasteiger partial charge on any atom is -0.383 e. The van der Waals surface area contributed by atoms with Gasteiger partial charge in [0.25, 0.3) is 0 Å². The Bertz CT molecular complexity index is 907. The third kappa shape index (κ3) is 6.18. The largest absolute Gasteiger partial charge is 0.383 e. The van der Waals surface area contributed by atoms with Crippen LogP contribution in [-0.2, 0) is 26.1 Å². The highest BCUT2D eigenvalue weighted by Crippen LogP contribution is 2.28. The highest BCUT2D eigenvalue weighted by atomic mass is 35.5. The van der Waals surface area contributed by atoms with Crippen molar-refractivity contribution >= 4 is 39.1 Å². The summed E-state index contributed by atoms with van der Waals surface area (Å²) in [6.07, 6.45) is 0. The van der Waals surface area contributed by atoms with Gasteiger partial charge in [-0.05, 0) is 30.7 Å². The summed E-state index contributed by atoms with van der Waals surface area (Å²) in [5.74, 6) is -0.442. The molecule has 2 rings (SSSR count). The van der Waals surface area contributed by atoms with Gasteiger partial charge in [0.2, 0.25) is 15.9 Å². The van der Waals surface area contributed by atoms with Gasteiger partial charge in [-0.15, -0.1) is 0 Å². The van der Waals surface area contributed by atoms with Gasteiger partial charge in [0.15, 0.2) is 0 Å². The molecule has 6 nitrogen and oxygen atoms in total. The molecule has 0 fully saturated rings. The van der Waals surface area contributed by atoms with E-state index in [1.54, 1.807) is 31.2 Å². The minimum atomic E-state index is -4.07. The first-order valence-corrected chi connectivity index (χ1v) is 10.7. The second-order valence-corrected chi connectivity index (χ2v) is 9.01. The van der Waals surface area contributed by atoms with E-state index in [1.807, 2.05) is 6.07 Å². The van der Waals surface area contributed by atoms with Gasteiger partial charge in [-0.1, -0.05) is 53.5 Å². The van der Waals surface area contributed by atoms with E-state index < -0.39 is 15.9 Å². The molecule has 0 aliphatic carbocycles. The van der Waals surface area contributed by atoms with Crippen LogP contribution in [0.15, 0.2) is 53.4 Å². The summed E-state index contributed by atoms with van der Waals surface area (Å²) in [7, 11) is -2.55. The molecule has 0 unspecified atom stereocenters. The number of halogens is 2. The molecule has 2 aromatic carbocycles. The van der Waals surface area contributed by atoms with Crippen LogP contribution in [0.4, 0.5) is 0 Å². The number of nitrogens with zero attached hydrogens (tertiary/aromatic N) is 1. The number of amides is 1. The standard InChI is InChI=1S/C19H22Cl2N2O4S/c1-14(13-27-2)22-19(24)12-23(11-15-6-4-3-5-7-15)28(25,26)18-10-16(20)8-9-17(18)21/h3-10,14H,11-13H2,1-2H3,(H,22,24)/t14-/m1/s1. The molecule has 0 aliphatic rings. The van der Waals surface area contributed by atoms with Crippen LogP contribution in [0.5, 0.6) is 0 Å². The van der Waals surface area contributed by atoms with Crippen LogP contribution in [0, 0.1) is 0 Å². The predicted molar refractivity (Wildman–Crippen MR) is 110 cm³/mol. The fraction of sp³-hybridized carbons (Fsp3) is 0.316. The van der Waals surface area contributed by atoms with E-state index >= 15 is 0 Å². The molecule has 9 heteroatoms. The van der Waals surface area contributed by atoms with Crippen LogP contribution in [0.2, 0.25) is 10.0 Å². The molecule has 0 saturated carbocycles. The Morgan fingerprint density at radius 2 is 1.86 bits per heavy atom. The zero-order valence-corrected chi connectivity index (χ0v) is 17.9. The number of rotatable bonds is 9. The lowest BCUT2D eigenvalue weighted by atomic mass is 10.2. The van der Waals surface area contributed by atoms with Gasteiger partial charge >= 0.3 is 0 Å². The number of hydrogen-bond acceptors (Lipinski definition) is 4. The van der Waals surface area contributed by atoms with E-state index in [9.17, 15) is 13.2 Å². The Labute approximate surface area is 175 Å². The molecule has 1 atom stereocenters. The quantitative estimate of drug-likeness (QED) is 0.643. The summed E-state index contributed by atoms with van der Waals surface area (Å²) in [6.45, 7) is 1.73. The lowest BCUT2D eigenvalue weighted by molar-refractivity contribution is -0.122. The molecular weight excluding hydrogens is 423 g/mol. The molecule has 1 amide bonds. The van der Waals surface area contributed by atoms with Crippen molar-refractivity contribution in [3.63, 3.8) is 0 Å². The Morgan fingerprint density at radius 3 is 2.50 bits per heavy atom. The SMILES string of the molecule is COC[C@@H](C)NC(=O)CN(Cc1ccccc1)S(=O)(=O)c1cc(Cl)ccc1Cl. The number of carbonyl (C=O) groups is 1. The maximum absolute atomic E-state index is 13.2. The summed E-state index contributed by atoms with van der Waals surface area (Å²) < 4.78 is 32.5. The van der Waals surface area contributed by atoms with Crippen molar-refractivity contribution in [3.8, 4) is 0 Å². The number of ether oxygens (including phenoxy) is 1. The number of sulfonamides is 1. The molecule has 0 aromatic heterocycles. The third-order valence-electron chi connectivity index (χ3n) is 3.86. The average Bonchev–Trinajstić information content (AvgIpc) is 2.64. The first-order valence-electron chi connectivity index (χ1n) is 8.51. The second kappa shape index (κ2) is 10.2. The zero-order valence-electron chi connectivity index (χ0n) is 15.6. The topological polar surface area (TPSA) is 75.7 Å². The van der Waals surface area contributed by atoms with Gasteiger partial charge in [0.1, 0.15) is 4.90 Å². The summed E-state index contributed by atoms with van der Waals surface area (Å²) in [6, 6.07) is 12.9. The van der Waals surface area contributed by atoms with Crippen LogP contribution in [0.1, 0.15) is 12.5 Å². The van der Waals surface area contributed by atoms with Crippen molar-refractivity contribution in [1.82, 2.24) is 9.62 Å². The Balaban J connectivity index is 2.34. The van der Waals surface area contributed by atoms with E-state index in [0.29, 0.717) is 6.61 Å². The molecule has 0 spiro atoms. The van der Waals surface area contributed by atoms with Gasteiger partial charge in [0, 0.05) is 24.7 Å². The maximum Gasteiger partial charge on any atom is 0.245 e. The molecule has 0 radical (unpaired) electrons. The smallest absolute Gasteiger partial charge is 0.245 e. The Kier molecular flexibility index (Phi) is 8.27. The molecule has 28 heavy (non-hydrogen) atoms. The molecule has 2 aromatic rings. The number of hydrogen-bond donors (Lipinski definition) is 1. The van der Waals surface area contributed by atoms with Crippen molar-refractivity contribution < 1.29 is 17.9 Å². The normalized spacial score (nSPS) is 12.8. The summed E-state index contributed by atoms with van der Waals surface area (Å²) in [5.41, 5.74) is 0.738. The molecule has 0 bridgehead atoms. The van der Waals surface area contributed by atoms with Gasteiger partial charge in [-0.25, -0.2) is 8.42 Å². The molecule has 0 aliphatic heterocycles. The van der Waals surface area contributed by atoms with Gasteiger partial charge < -0.3 is 10.1 Å². The fourth-order valence-electron chi connectivity index (χ4n) is 2.60. The molecule has 1 N–H and O–H groups in total. The summed E-state index contributed by atoms with van der Waals surface area (Å²) >= 11 is 12.1. The number of benzene rings is 2. The molecular formula is C19H22Cl2N2O4S. The van der Waals surface area contributed by atoms with Gasteiger partial charge in [-0.3, -0.25) is 4.79 Å². The molecule has 0 heterocycles. The van der Waals surface area contributed by atoms with Crippen molar-refractivity contribution in [2.75, 3.05) is 20.3 Å².